The average Bonchev–Trinajstić information content (AvgIpc) is 3.56. The second-order valence-corrected chi connectivity index (χ2v) is 9.88. The number of methoxy groups -OCH3 is 1. The first kappa shape index (κ1) is 30.5. The van der Waals surface area contributed by atoms with E-state index in [0.717, 1.165) is 15.8 Å². The highest BCUT2D eigenvalue weighted by molar-refractivity contribution is 5.63. The van der Waals surface area contributed by atoms with Gasteiger partial charge in [-0.2, -0.15) is 18.2 Å². The molecular formula is C27H28F5N11O. The first-order valence-electron chi connectivity index (χ1n) is 13.5. The Morgan fingerprint density at radius 2 is 1.77 bits per heavy atom. The van der Waals surface area contributed by atoms with Crippen LogP contribution in [0, 0.1) is 0 Å². The fraction of sp³-hybridized carbons (Fsp3) is 0.370. The number of halogens is 5. The molecule has 1 aliphatic carbocycles. The van der Waals surface area contributed by atoms with Gasteiger partial charge in [0.05, 0.1) is 31.9 Å². The molecule has 0 aromatic carbocycles. The summed E-state index contributed by atoms with van der Waals surface area (Å²) in [5, 5.41) is 13.0. The van der Waals surface area contributed by atoms with E-state index < -0.39 is 30.5 Å². The van der Waals surface area contributed by atoms with Crippen LogP contribution >= 0.6 is 0 Å². The van der Waals surface area contributed by atoms with Crippen molar-refractivity contribution in [2.45, 2.75) is 50.4 Å². The summed E-state index contributed by atoms with van der Waals surface area (Å²) in [6.07, 6.45) is 3.19. The molecule has 2 N–H and O–H groups in total. The molecule has 44 heavy (non-hydrogen) atoms. The molecule has 4 aromatic heterocycles. The number of hydrogen-bond acceptors (Lipinski definition) is 11. The molecule has 0 unspecified atom stereocenters. The van der Waals surface area contributed by atoms with Crippen molar-refractivity contribution in [1.82, 2.24) is 45.2 Å². The topological polar surface area (TPSA) is 132 Å². The van der Waals surface area contributed by atoms with E-state index >= 15 is 0 Å². The Kier molecular flexibility index (Phi) is 9.10. The van der Waals surface area contributed by atoms with Crippen LogP contribution in [-0.2, 0) is 6.18 Å². The van der Waals surface area contributed by atoms with Gasteiger partial charge in [0.2, 0.25) is 5.95 Å². The highest BCUT2D eigenvalue weighted by Crippen LogP contribution is 2.34. The van der Waals surface area contributed by atoms with Crippen LogP contribution in [0.3, 0.4) is 0 Å². The Morgan fingerprint density at radius 3 is 2.36 bits per heavy atom. The molecule has 4 aromatic rings. The normalized spacial score (nSPS) is 16.9. The maximum absolute atomic E-state index is 13.6. The Bertz CT molecular complexity index is 1530. The molecule has 0 spiro atoms. The number of ether oxygens (including phenoxy) is 1. The largest absolute Gasteiger partial charge is 0.467 e. The lowest BCUT2D eigenvalue weighted by molar-refractivity contribution is -0.138. The van der Waals surface area contributed by atoms with Gasteiger partial charge in [-0.3, -0.25) is 0 Å². The van der Waals surface area contributed by atoms with Gasteiger partial charge in [0.1, 0.15) is 11.4 Å². The molecule has 12 nitrogen and oxygen atoms in total. The summed E-state index contributed by atoms with van der Waals surface area (Å²) in [6.45, 7) is 3.42. The lowest BCUT2D eigenvalue weighted by atomic mass is 9.90. The van der Waals surface area contributed by atoms with Crippen molar-refractivity contribution < 1.29 is 26.7 Å². The first-order chi connectivity index (χ1) is 21.1. The van der Waals surface area contributed by atoms with Crippen molar-refractivity contribution in [2.24, 2.45) is 0 Å². The number of rotatable bonds is 11. The van der Waals surface area contributed by atoms with E-state index in [0.29, 0.717) is 37.7 Å². The van der Waals surface area contributed by atoms with Crippen molar-refractivity contribution in [3.05, 3.63) is 67.3 Å². The highest BCUT2D eigenvalue weighted by Gasteiger charge is 2.36. The van der Waals surface area contributed by atoms with Gasteiger partial charge in [0, 0.05) is 48.0 Å². The lowest BCUT2D eigenvalue weighted by Crippen LogP contribution is -2.44. The standard InChI is InChI=1S/C27H28F5N11O/c1-16(33-15-22(28)29)43(23-8-3-17(11-34-23)18-12-36-26(44-2)37-13-18)20-6-4-19(5-7-20)39-25-35-14-21(27(30,31)32)24(40-25)42-10-9-38-41-42/h3,8-14,19-20,22,33H,1,4-7,15H2,2H3,(H,35,39,40). The van der Waals surface area contributed by atoms with Crippen molar-refractivity contribution in [1.29, 1.82) is 0 Å². The number of hydrogen-bond donors (Lipinski definition) is 2. The quantitative estimate of drug-likeness (QED) is 0.231. The third-order valence-electron chi connectivity index (χ3n) is 7.00. The zero-order chi connectivity index (χ0) is 31.3. The van der Waals surface area contributed by atoms with Crippen molar-refractivity contribution >= 4 is 11.8 Å². The molecular weight excluding hydrogens is 589 g/mol. The van der Waals surface area contributed by atoms with E-state index in [4.69, 9.17) is 4.74 Å². The van der Waals surface area contributed by atoms with Crippen LogP contribution < -0.4 is 20.3 Å². The molecule has 5 rings (SSSR count). The second kappa shape index (κ2) is 13.1. The summed E-state index contributed by atoms with van der Waals surface area (Å²) in [5.41, 5.74) is 0.424. The summed E-state index contributed by atoms with van der Waals surface area (Å²) >= 11 is 0. The predicted molar refractivity (Wildman–Crippen MR) is 149 cm³/mol. The highest BCUT2D eigenvalue weighted by atomic mass is 19.4. The summed E-state index contributed by atoms with van der Waals surface area (Å²) in [6, 6.07) is 3.52. The van der Waals surface area contributed by atoms with E-state index in [1.165, 1.54) is 19.5 Å². The average molecular weight is 618 g/mol. The molecule has 1 saturated carbocycles. The molecule has 232 valence electrons. The van der Waals surface area contributed by atoms with E-state index in [2.05, 4.69) is 52.4 Å². The Morgan fingerprint density at radius 1 is 1.05 bits per heavy atom. The van der Waals surface area contributed by atoms with Crippen molar-refractivity contribution in [2.75, 3.05) is 23.9 Å². The van der Waals surface area contributed by atoms with Crippen LogP contribution in [0.25, 0.3) is 16.9 Å². The molecule has 0 saturated heterocycles. The smallest absolute Gasteiger partial charge is 0.421 e. The van der Waals surface area contributed by atoms with E-state index in [1.54, 1.807) is 29.6 Å². The van der Waals surface area contributed by atoms with E-state index in [-0.39, 0.29) is 29.9 Å². The van der Waals surface area contributed by atoms with Gasteiger partial charge in [-0.05, 0) is 37.8 Å². The number of anilines is 2. The molecule has 0 bridgehead atoms. The van der Waals surface area contributed by atoms with Crippen molar-refractivity contribution in [3.8, 4) is 23.0 Å². The maximum atomic E-state index is 13.6. The van der Waals surface area contributed by atoms with Crippen LogP contribution in [0.2, 0.25) is 0 Å². The Labute approximate surface area is 248 Å². The third-order valence-corrected chi connectivity index (χ3v) is 7.00. The molecule has 0 radical (unpaired) electrons. The zero-order valence-corrected chi connectivity index (χ0v) is 23.4. The van der Waals surface area contributed by atoms with Crippen LogP contribution in [0.1, 0.15) is 31.2 Å². The maximum Gasteiger partial charge on any atom is 0.421 e. The molecule has 17 heteroatoms. The fourth-order valence-corrected chi connectivity index (χ4v) is 4.89. The van der Waals surface area contributed by atoms with E-state index in [1.807, 2.05) is 6.07 Å². The first-order valence-corrected chi connectivity index (χ1v) is 13.5. The lowest BCUT2D eigenvalue weighted by Gasteiger charge is -2.39. The van der Waals surface area contributed by atoms with E-state index in [9.17, 15) is 22.0 Å². The number of aromatic nitrogens is 8. The Hall–Kier alpha value is -4.96. The number of alkyl halides is 5. The minimum absolute atomic E-state index is 0.0200. The number of nitrogens with one attached hydrogen (secondary N) is 2. The van der Waals surface area contributed by atoms with Gasteiger partial charge in [0.25, 0.3) is 6.43 Å². The number of nitrogens with zero attached hydrogens (tertiary/aromatic N) is 9. The van der Waals surface area contributed by atoms with Crippen LogP contribution in [0.15, 0.2) is 61.7 Å². The second-order valence-electron chi connectivity index (χ2n) is 9.88. The van der Waals surface area contributed by atoms with Crippen LogP contribution in [0.5, 0.6) is 6.01 Å². The van der Waals surface area contributed by atoms with Gasteiger partial charge in [-0.15, -0.1) is 5.10 Å². The zero-order valence-electron chi connectivity index (χ0n) is 23.4. The minimum atomic E-state index is -4.68. The molecule has 0 aliphatic heterocycles. The van der Waals surface area contributed by atoms with Gasteiger partial charge in [0.15, 0.2) is 5.82 Å². The van der Waals surface area contributed by atoms with Crippen LogP contribution in [0.4, 0.5) is 33.7 Å². The fourth-order valence-electron chi connectivity index (χ4n) is 4.89. The van der Waals surface area contributed by atoms with Crippen molar-refractivity contribution in [3.63, 3.8) is 0 Å². The molecule has 4 heterocycles. The van der Waals surface area contributed by atoms with Gasteiger partial charge in [-0.1, -0.05) is 11.8 Å². The molecule has 0 amide bonds. The summed E-state index contributed by atoms with van der Waals surface area (Å²) < 4.78 is 72.6. The number of pyridine rings is 1. The van der Waals surface area contributed by atoms with Gasteiger partial charge < -0.3 is 20.3 Å². The summed E-state index contributed by atoms with van der Waals surface area (Å²) in [4.78, 5) is 22.6. The summed E-state index contributed by atoms with van der Waals surface area (Å²) in [5.74, 6) is 0.365. The predicted octanol–water partition coefficient (Wildman–Crippen LogP) is 4.49. The molecule has 1 fully saturated rings. The third kappa shape index (κ3) is 7.15. The van der Waals surface area contributed by atoms with Crippen LogP contribution in [-0.4, -0.2) is 72.1 Å². The summed E-state index contributed by atoms with van der Waals surface area (Å²) in [7, 11) is 1.47. The SMILES string of the molecule is C=C(NCC(F)F)N(c1ccc(-c2cnc(OC)nc2)cn1)C1CCC(Nc2ncc(C(F)(F)F)c(-n3ccnn3)n2)CC1. The minimum Gasteiger partial charge on any atom is -0.467 e. The Balaban J connectivity index is 1.30. The molecule has 1 aliphatic rings. The van der Waals surface area contributed by atoms with Gasteiger partial charge in [-0.25, -0.2) is 33.4 Å². The molecule has 0 atom stereocenters. The van der Waals surface area contributed by atoms with Gasteiger partial charge >= 0.3 is 12.2 Å². The monoisotopic (exact) mass is 617 g/mol.